The summed E-state index contributed by atoms with van der Waals surface area (Å²) >= 11 is 0. The molecule has 1 atom stereocenters. The van der Waals surface area contributed by atoms with E-state index < -0.39 is 0 Å². The zero-order chi connectivity index (χ0) is 18.3. The zero-order valence-electron chi connectivity index (χ0n) is 15.6. The average Bonchev–Trinajstić information content (AvgIpc) is 3.31. The molecule has 7 heteroatoms. The maximum absolute atomic E-state index is 11.9. The van der Waals surface area contributed by atoms with E-state index in [1.807, 2.05) is 0 Å². The van der Waals surface area contributed by atoms with Crippen molar-refractivity contribution in [1.82, 2.24) is 20.0 Å². The Kier molecular flexibility index (Phi) is 4.26. The second-order valence-electron chi connectivity index (χ2n) is 7.63. The first-order valence-corrected chi connectivity index (χ1v) is 9.09. The van der Waals surface area contributed by atoms with E-state index in [1.54, 1.807) is 18.0 Å². The minimum atomic E-state index is -0.388. The van der Waals surface area contributed by atoms with Gasteiger partial charge in [0.2, 0.25) is 0 Å². The molecule has 4 rings (SSSR count). The van der Waals surface area contributed by atoms with Crippen molar-refractivity contribution in [3.8, 4) is 0 Å². The molecule has 0 amide bonds. The first-order valence-electron chi connectivity index (χ1n) is 9.09. The van der Waals surface area contributed by atoms with Crippen LogP contribution in [0.2, 0.25) is 0 Å². The predicted octanol–water partition coefficient (Wildman–Crippen LogP) is 1.67. The molecule has 1 unspecified atom stereocenters. The fraction of sp³-hybridized carbons (Fsp3) is 0.579. The number of hydrogen-bond acceptors (Lipinski definition) is 6. The van der Waals surface area contributed by atoms with Gasteiger partial charge >= 0.3 is 5.97 Å². The molecule has 3 heterocycles. The van der Waals surface area contributed by atoms with E-state index in [-0.39, 0.29) is 18.6 Å². The predicted molar refractivity (Wildman–Crippen MR) is 96.3 cm³/mol. The average molecular weight is 358 g/mol. The highest BCUT2D eigenvalue weighted by Gasteiger charge is 2.52. The zero-order valence-corrected chi connectivity index (χ0v) is 15.6. The van der Waals surface area contributed by atoms with Crippen LogP contribution in [0.4, 0.5) is 0 Å². The Bertz CT molecular complexity index is 768. The van der Waals surface area contributed by atoms with Crippen molar-refractivity contribution in [2.75, 3.05) is 27.3 Å². The summed E-state index contributed by atoms with van der Waals surface area (Å²) in [5.74, 6) is 0.829. The van der Waals surface area contributed by atoms with Gasteiger partial charge in [0, 0.05) is 37.9 Å². The Morgan fingerprint density at radius 2 is 2.12 bits per heavy atom. The van der Waals surface area contributed by atoms with E-state index in [0.717, 1.165) is 0 Å². The number of rotatable bonds is 6. The number of aromatic nitrogens is 2. The summed E-state index contributed by atoms with van der Waals surface area (Å²) in [6, 6.07) is 0.224. The molecule has 26 heavy (non-hydrogen) atoms. The fourth-order valence-corrected chi connectivity index (χ4v) is 3.76. The van der Waals surface area contributed by atoms with Crippen LogP contribution >= 0.6 is 0 Å². The Morgan fingerprint density at radius 1 is 1.35 bits per heavy atom. The molecule has 7 nitrogen and oxygen atoms in total. The monoisotopic (exact) mass is 358 g/mol. The highest BCUT2D eigenvalue weighted by molar-refractivity contribution is 5.90. The summed E-state index contributed by atoms with van der Waals surface area (Å²) in [6.45, 7) is 5.43. The Hall–Kier alpha value is -2.28. The van der Waals surface area contributed by atoms with Crippen LogP contribution < -0.4 is 5.32 Å². The van der Waals surface area contributed by atoms with Crippen LogP contribution in [0, 0.1) is 5.41 Å². The molecular weight excluding hydrogens is 332 g/mol. The summed E-state index contributed by atoms with van der Waals surface area (Å²) in [6.07, 6.45) is 8.84. The molecule has 1 saturated heterocycles. The molecule has 0 radical (unpaired) electrons. The van der Waals surface area contributed by atoms with Crippen molar-refractivity contribution in [3.05, 3.63) is 41.0 Å². The minimum Gasteiger partial charge on any atom is -0.465 e. The Labute approximate surface area is 153 Å². The first-order chi connectivity index (χ1) is 12.5. The molecule has 1 spiro atoms. The molecule has 140 valence electrons. The summed E-state index contributed by atoms with van der Waals surface area (Å²) in [5.41, 5.74) is 2.92. The third kappa shape index (κ3) is 3.11. The lowest BCUT2D eigenvalue weighted by Gasteiger charge is -2.45. The maximum atomic E-state index is 11.9. The number of carbonyl (C=O) groups excluding carboxylic acids is 1. The van der Waals surface area contributed by atoms with E-state index in [4.69, 9.17) is 9.47 Å². The van der Waals surface area contributed by atoms with Crippen molar-refractivity contribution in [2.24, 2.45) is 5.41 Å². The SMILES string of the molecule is COCc1nn(CC2=CC=C(N3CC4(CC4)C3)NC2C)cc1C(=O)OC. The number of nitrogens with one attached hydrogen (secondary N) is 1. The highest BCUT2D eigenvalue weighted by Crippen LogP contribution is 2.53. The van der Waals surface area contributed by atoms with E-state index in [1.165, 1.54) is 44.4 Å². The second-order valence-corrected chi connectivity index (χ2v) is 7.63. The lowest BCUT2D eigenvalue weighted by molar-refractivity contribution is 0.0595. The van der Waals surface area contributed by atoms with Gasteiger partial charge in [-0.2, -0.15) is 5.10 Å². The van der Waals surface area contributed by atoms with Gasteiger partial charge < -0.3 is 19.7 Å². The van der Waals surface area contributed by atoms with Crippen LogP contribution in [0.1, 0.15) is 35.8 Å². The first kappa shape index (κ1) is 17.1. The van der Waals surface area contributed by atoms with Gasteiger partial charge in [-0.05, 0) is 31.4 Å². The van der Waals surface area contributed by atoms with Crippen LogP contribution in [0.15, 0.2) is 29.7 Å². The lowest BCUT2D eigenvalue weighted by atomic mass is 9.96. The van der Waals surface area contributed by atoms with Crippen molar-refractivity contribution in [3.63, 3.8) is 0 Å². The molecule has 1 aromatic heterocycles. The third-order valence-electron chi connectivity index (χ3n) is 5.60. The number of nitrogens with zero attached hydrogens (tertiary/aromatic N) is 3. The quantitative estimate of drug-likeness (QED) is 0.780. The molecule has 1 aromatic rings. The van der Waals surface area contributed by atoms with Crippen molar-refractivity contribution in [2.45, 2.75) is 39.0 Å². The number of likely N-dealkylation sites (tertiary alicyclic amines) is 1. The minimum absolute atomic E-state index is 0.224. The molecule has 0 aromatic carbocycles. The number of carbonyl (C=O) groups is 1. The molecule has 1 aliphatic carbocycles. The van der Waals surface area contributed by atoms with Crippen molar-refractivity contribution < 1.29 is 14.3 Å². The molecule has 0 bridgehead atoms. The van der Waals surface area contributed by atoms with Crippen LogP contribution in [0.25, 0.3) is 0 Å². The molecule has 2 aliphatic heterocycles. The largest absolute Gasteiger partial charge is 0.465 e. The number of ether oxygens (including phenoxy) is 2. The Morgan fingerprint density at radius 3 is 2.73 bits per heavy atom. The normalized spacial score (nSPS) is 23.0. The molecule has 2 fully saturated rings. The van der Waals surface area contributed by atoms with Gasteiger partial charge in [-0.3, -0.25) is 4.68 Å². The van der Waals surface area contributed by atoms with Crippen LogP contribution in [-0.4, -0.2) is 54.0 Å². The number of dihydropyridines is 1. The lowest BCUT2D eigenvalue weighted by Crippen LogP contribution is -2.52. The van der Waals surface area contributed by atoms with Gasteiger partial charge in [0.1, 0.15) is 17.1 Å². The molecule has 1 N–H and O–H groups in total. The van der Waals surface area contributed by atoms with Crippen LogP contribution in [0.3, 0.4) is 0 Å². The van der Waals surface area contributed by atoms with Gasteiger partial charge in [-0.25, -0.2) is 4.79 Å². The van der Waals surface area contributed by atoms with Gasteiger partial charge in [0.05, 0.1) is 20.3 Å². The fourth-order valence-electron chi connectivity index (χ4n) is 3.76. The summed E-state index contributed by atoms with van der Waals surface area (Å²) in [5, 5.41) is 8.09. The van der Waals surface area contributed by atoms with Gasteiger partial charge in [0.25, 0.3) is 0 Å². The number of methoxy groups -OCH3 is 2. The molecule has 3 aliphatic rings. The van der Waals surface area contributed by atoms with Gasteiger partial charge in [0.15, 0.2) is 0 Å². The standard InChI is InChI=1S/C19H26N4O3/c1-13-14(4-5-17(20-13)22-11-19(12-22)6-7-19)8-23-9-15(18(24)26-3)16(21-23)10-25-2/h4-5,9,13,20H,6-8,10-12H2,1-3H3. The summed E-state index contributed by atoms with van der Waals surface area (Å²) < 4.78 is 11.8. The van der Waals surface area contributed by atoms with E-state index in [9.17, 15) is 4.79 Å². The summed E-state index contributed by atoms with van der Waals surface area (Å²) in [7, 11) is 2.96. The van der Waals surface area contributed by atoms with Gasteiger partial charge in [-0.15, -0.1) is 0 Å². The van der Waals surface area contributed by atoms with Crippen molar-refractivity contribution >= 4 is 5.97 Å². The Balaban J connectivity index is 1.47. The van der Waals surface area contributed by atoms with Crippen LogP contribution in [-0.2, 0) is 22.6 Å². The number of hydrogen-bond donors (Lipinski definition) is 1. The van der Waals surface area contributed by atoms with Crippen molar-refractivity contribution in [1.29, 1.82) is 0 Å². The smallest absolute Gasteiger partial charge is 0.341 e. The van der Waals surface area contributed by atoms with Gasteiger partial charge in [-0.1, -0.05) is 6.08 Å². The third-order valence-corrected chi connectivity index (χ3v) is 5.60. The van der Waals surface area contributed by atoms with E-state index >= 15 is 0 Å². The second kappa shape index (κ2) is 6.46. The topological polar surface area (TPSA) is 68.6 Å². The molecule has 1 saturated carbocycles. The number of esters is 1. The van der Waals surface area contributed by atoms with E-state index in [0.29, 0.717) is 23.2 Å². The summed E-state index contributed by atoms with van der Waals surface area (Å²) in [4.78, 5) is 14.3. The number of allylic oxidation sites excluding steroid dienone is 2. The highest BCUT2D eigenvalue weighted by atomic mass is 16.5. The maximum Gasteiger partial charge on any atom is 0.341 e. The van der Waals surface area contributed by atoms with E-state index in [2.05, 4.69) is 34.4 Å². The molecular formula is C19H26N4O3. The van der Waals surface area contributed by atoms with Crippen LogP contribution in [0.5, 0.6) is 0 Å².